The van der Waals surface area contributed by atoms with E-state index < -0.39 is 0 Å². The molecule has 7 heteroatoms. The van der Waals surface area contributed by atoms with Gasteiger partial charge in [-0.15, -0.1) is 23.1 Å². The zero-order chi connectivity index (χ0) is 19.9. The summed E-state index contributed by atoms with van der Waals surface area (Å²) in [7, 11) is 3.66. The van der Waals surface area contributed by atoms with E-state index in [2.05, 4.69) is 10.7 Å². The molecule has 146 valence electrons. The number of rotatable bonds is 8. The number of nitrogens with zero attached hydrogens (tertiary/aromatic N) is 1. The van der Waals surface area contributed by atoms with Gasteiger partial charge in [0.1, 0.15) is 23.0 Å². The van der Waals surface area contributed by atoms with Crippen molar-refractivity contribution in [3.8, 4) is 16.3 Å². The summed E-state index contributed by atoms with van der Waals surface area (Å²) in [5.74, 6) is 0.836. The molecule has 1 unspecified atom stereocenters. The highest BCUT2D eigenvalue weighted by atomic mass is 32.2. The summed E-state index contributed by atoms with van der Waals surface area (Å²) in [6.07, 6.45) is 2.00. The zero-order valence-electron chi connectivity index (χ0n) is 16.2. The maximum atomic E-state index is 12.4. The van der Waals surface area contributed by atoms with Crippen LogP contribution in [-0.2, 0) is 11.3 Å². The first-order valence-corrected chi connectivity index (χ1v) is 11.0. The quantitative estimate of drug-likeness (QED) is 0.556. The summed E-state index contributed by atoms with van der Waals surface area (Å²) in [6, 6.07) is 15.7. The van der Waals surface area contributed by atoms with Crippen molar-refractivity contribution in [1.82, 2.24) is 4.98 Å². The van der Waals surface area contributed by atoms with Crippen LogP contribution in [-0.4, -0.2) is 37.8 Å². The maximum absolute atomic E-state index is 12.4. The number of thioether (sulfide) groups is 1. The number of para-hydroxylation sites is 1. The van der Waals surface area contributed by atoms with E-state index >= 15 is 0 Å². The lowest BCUT2D eigenvalue weighted by Crippen LogP contribution is -3.08. The Hall–Kier alpha value is -2.35. The molecule has 5 nitrogen and oxygen atoms in total. The molecule has 1 amide bonds. The van der Waals surface area contributed by atoms with Gasteiger partial charge in [-0.1, -0.05) is 12.1 Å². The highest BCUT2D eigenvalue weighted by molar-refractivity contribution is 7.98. The molecule has 28 heavy (non-hydrogen) atoms. The molecule has 1 heterocycles. The standard InChI is InChI=1S/C21H23N3O2S2/c1-24(13-20(25)23-18-6-4-5-7-19(18)27-3)12-16-14-28-21(22-16)15-8-10-17(26-2)11-9-15/h4-11,14H,12-13H2,1-3H3,(H,23,25)/p+1. The van der Waals surface area contributed by atoms with Gasteiger partial charge in [0.05, 0.1) is 19.8 Å². The van der Waals surface area contributed by atoms with Gasteiger partial charge in [0.2, 0.25) is 0 Å². The predicted octanol–water partition coefficient (Wildman–Crippen LogP) is 3.19. The van der Waals surface area contributed by atoms with Crippen LogP contribution in [0.15, 0.2) is 58.8 Å². The van der Waals surface area contributed by atoms with Crippen molar-refractivity contribution >= 4 is 34.7 Å². The van der Waals surface area contributed by atoms with E-state index in [0.29, 0.717) is 13.1 Å². The molecule has 3 rings (SSSR count). The molecule has 0 spiro atoms. The van der Waals surface area contributed by atoms with Crippen LogP contribution in [0.3, 0.4) is 0 Å². The summed E-state index contributed by atoms with van der Waals surface area (Å²) < 4.78 is 5.20. The first-order chi connectivity index (χ1) is 13.6. The van der Waals surface area contributed by atoms with E-state index in [1.165, 1.54) is 0 Å². The highest BCUT2D eigenvalue weighted by Crippen LogP contribution is 2.26. The van der Waals surface area contributed by atoms with Crippen LogP contribution in [0.5, 0.6) is 5.75 Å². The molecule has 1 aromatic heterocycles. The van der Waals surface area contributed by atoms with Gasteiger partial charge < -0.3 is 15.0 Å². The average Bonchev–Trinajstić information content (AvgIpc) is 3.16. The number of thiazole rings is 1. The molecule has 1 atom stereocenters. The molecule has 0 aliphatic heterocycles. The Labute approximate surface area is 173 Å². The van der Waals surface area contributed by atoms with Crippen molar-refractivity contribution in [1.29, 1.82) is 0 Å². The number of methoxy groups -OCH3 is 1. The van der Waals surface area contributed by atoms with Crippen molar-refractivity contribution in [2.24, 2.45) is 0 Å². The SMILES string of the molecule is COc1ccc(-c2nc(C[NH+](C)CC(=O)Nc3ccccc3SC)cs2)cc1. The summed E-state index contributed by atoms with van der Waals surface area (Å²) in [5, 5.41) is 6.04. The van der Waals surface area contributed by atoms with Crippen molar-refractivity contribution in [3.05, 3.63) is 59.6 Å². The molecule has 2 aromatic carbocycles. The molecular formula is C21H24N3O2S2+. The summed E-state index contributed by atoms with van der Waals surface area (Å²) in [4.78, 5) is 19.3. The van der Waals surface area contributed by atoms with Gasteiger partial charge in [-0.25, -0.2) is 4.98 Å². The maximum Gasteiger partial charge on any atom is 0.279 e. The minimum atomic E-state index is 0.00427. The topological polar surface area (TPSA) is 55.7 Å². The minimum absolute atomic E-state index is 0.00427. The number of nitrogens with one attached hydrogen (secondary N) is 2. The van der Waals surface area contributed by atoms with Crippen LogP contribution in [0.2, 0.25) is 0 Å². The highest BCUT2D eigenvalue weighted by Gasteiger charge is 2.14. The number of carbonyl (C=O) groups is 1. The zero-order valence-corrected chi connectivity index (χ0v) is 17.8. The van der Waals surface area contributed by atoms with E-state index in [9.17, 15) is 4.79 Å². The fourth-order valence-electron chi connectivity index (χ4n) is 2.84. The van der Waals surface area contributed by atoms with Gasteiger partial charge in [-0.2, -0.15) is 0 Å². The Kier molecular flexibility index (Phi) is 7.08. The van der Waals surface area contributed by atoms with E-state index in [1.807, 2.05) is 61.8 Å². The Bertz CT molecular complexity index is 925. The third-order valence-corrected chi connectivity index (χ3v) is 5.95. The van der Waals surface area contributed by atoms with Gasteiger partial charge >= 0.3 is 0 Å². The number of hydrogen-bond donors (Lipinski definition) is 2. The third kappa shape index (κ3) is 5.34. The Morgan fingerprint density at radius 3 is 2.68 bits per heavy atom. The number of carbonyl (C=O) groups excluding carboxylic acids is 1. The fraction of sp³-hybridized carbons (Fsp3) is 0.238. The average molecular weight is 415 g/mol. The Balaban J connectivity index is 1.56. The van der Waals surface area contributed by atoms with Crippen molar-refractivity contribution < 1.29 is 14.4 Å². The molecule has 0 aliphatic rings. The number of benzene rings is 2. The predicted molar refractivity (Wildman–Crippen MR) is 116 cm³/mol. The van der Waals surface area contributed by atoms with Crippen molar-refractivity contribution in [2.45, 2.75) is 11.4 Å². The van der Waals surface area contributed by atoms with Crippen LogP contribution in [0.25, 0.3) is 10.6 Å². The summed E-state index contributed by atoms with van der Waals surface area (Å²) in [6.45, 7) is 1.09. The second-order valence-electron chi connectivity index (χ2n) is 6.43. The number of ether oxygens (including phenoxy) is 1. The second kappa shape index (κ2) is 9.73. The largest absolute Gasteiger partial charge is 0.497 e. The van der Waals surface area contributed by atoms with Gasteiger partial charge in [0.25, 0.3) is 5.91 Å². The number of likely N-dealkylation sites (N-methyl/N-ethyl adjacent to an activating group) is 1. The normalized spacial score (nSPS) is 11.8. The van der Waals surface area contributed by atoms with Gasteiger partial charge in [-0.3, -0.25) is 4.79 Å². The number of quaternary nitrogens is 1. The molecule has 0 fully saturated rings. The number of amides is 1. The summed E-state index contributed by atoms with van der Waals surface area (Å²) >= 11 is 3.24. The van der Waals surface area contributed by atoms with Crippen LogP contribution in [0, 0.1) is 0 Å². The molecule has 0 aliphatic carbocycles. The minimum Gasteiger partial charge on any atom is -0.497 e. The van der Waals surface area contributed by atoms with Crippen LogP contribution >= 0.6 is 23.1 Å². The second-order valence-corrected chi connectivity index (χ2v) is 8.14. The van der Waals surface area contributed by atoms with E-state index in [0.717, 1.165) is 37.5 Å². The first kappa shape index (κ1) is 20.4. The van der Waals surface area contributed by atoms with Gasteiger partial charge in [-0.05, 0) is 42.7 Å². The smallest absolute Gasteiger partial charge is 0.279 e. The van der Waals surface area contributed by atoms with Crippen LogP contribution in [0.1, 0.15) is 5.69 Å². The molecule has 0 saturated heterocycles. The lowest BCUT2D eigenvalue weighted by atomic mass is 10.2. The molecule has 0 bridgehead atoms. The van der Waals surface area contributed by atoms with Crippen molar-refractivity contribution in [2.75, 3.05) is 32.3 Å². The van der Waals surface area contributed by atoms with Gasteiger partial charge in [0.15, 0.2) is 6.54 Å². The molecule has 0 radical (unpaired) electrons. The molecule has 3 aromatic rings. The fourth-order valence-corrected chi connectivity index (χ4v) is 4.22. The lowest BCUT2D eigenvalue weighted by molar-refractivity contribution is -0.885. The lowest BCUT2D eigenvalue weighted by Gasteiger charge is -2.13. The van der Waals surface area contributed by atoms with E-state index in [-0.39, 0.29) is 5.91 Å². The summed E-state index contributed by atoms with van der Waals surface area (Å²) in [5.41, 5.74) is 2.93. The van der Waals surface area contributed by atoms with E-state index in [1.54, 1.807) is 30.2 Å². The number of anilines is 1. The number of hydrogen-bond acceptors (Lipinski definition) is 5. The van der Waals surface area contributed by atoms with Crippen LogP contribution in [0.4, 0.5) is 5.69 Å². The van der Waals surface area contributed by atoms with E-state index in [4.69, 9.17) is 9.72 Å². The first-order valence-electron chi connectivity index (χ1n) is 8.92. The molecule has 2 N–H and O–H groups in total. The van der Waals surface area contributed by atoms with Gasteiger partial charge in [0, 0.05) is 15.8 Å². The van der Waals surface area contributed by atoms with Crippen molar-refractivity contribution in [3.63, 3.8) is 0 Å². The number of aromatic nitrogens is 1. The molecular weight excluding hydrogens is 390 g/mol. The third-order valence-electron chi connectivity index (χ3n) is 4.22. The Morgan fingerprint density at radius 2 is 1.96 bits per heavy atom. The van der Waals surface area contributed by atoms with Crippen LogP contribution < -0.4 is 15.0 Å². The monoisotopic (exact) mass is 414 g/mol. The Morgan fingerprint density at radius 1 is 1.21 bits per heavy atom. The molecule has 0 saturated carbocycles.